The second-order valence-electron chi connectivity index (χ2n) is 7.75. The first-order valence-electron chi connectivity index (χ1n) is 10.0. The molecular weight excluding hydrogens is 367 g/mol. The first-order valence-corrected chi connectivity index (χ1v) is 10.4. The van der Waals surface area contributed by atoms with Gasteiger partial charge in [0.2, 0.25) is 5.91 Å². The number of carbonyl (C=O) groups excluding carboxylic acids is 1. The van der Waals surface area contributed by atoms with E-state index in [0.29, 0.717) is 29.1 Å². The Hall–Kier alpha value is -1.17. The molecule has 1 aromatic carbocycles. The fourth-order valence-corrected chi connectivity index (χ4v) is 4.77. The van der Waals surface area contributed by atoms with Crippen LogP contribution in [0, 0.1) is 11.7 Å². The summed E-state index contributed by atoms with van der Waals surface area (Å²) in [6, 6.07) is 5.18. The van der Waals surface area contributed by atoms with Gasteiger partial charge in [0.1, 0.15) is 12.4 Å². The van der Waals surface area contributed by atoms with Crippen LogP contribution < -0.4 is 0 Å². The highest BCUT2D eigenvalue weighted by molar-refractivity contribution is 6.31. The second-order valence-corrected chi connectivity index (χ2v) is 8.16. The van der Waals surface area contributed by atoms with Crippen LogP contribution in [-0.4, -0.2) is 55.1 Å². The Labute approximate surface area is 166 Å². The molecule has 1 amide bonds. The summed E-state index contributed by atoms with van der Waals surface area (Å²) in [7, 11) is 1.58. The quantitative estimate of drug-likeness (QED) is 0.750. The van der Waals surface area contributed by atoms with Crippen molar-refractivity contribution in [2.24, 2.45) is 5.92 Å². The van der Waals surface area contributed by atoms with Crippen LogP contribution in [-0.2, 0) is 16.1 Å². The third-order valence-electron chi connectivity index (χ3n) is 6.01. The van der Waals surface area contributed by atoms with Crippen molar-refractivity contribution >= 4 is 17.5 Å². The van der Waals surface area contributed by atoms with Gasteiger partial charge in [-0.1, -0.05) is 30.5 Å². The lowest BCUT2D eigenvalue weighted by Crippen LogP contribution is -2.48. The van der Waals surface area contributed by atoms with Gasteiger partial charge < -0.3 is 9.64 Å². The Balaban J connectivity index is 1.60. The molecular formula is C21H30ClFN2O2. The van der Waals surface area contributed by atoms with E-state index in [-0.39, 0.29) is 18.3 Å². The van der Waals surface area contributed by atoms with Gasteiger partial charge in [0.25, 0.3) is 0 Å². The summed E-state index contributed by atoms with van der Waals surface area (Å²) in [6.07, 6.45) is 6.61. The summed E-state index contributed by atoms with van der Waals surface area (Å²) < 4.78 is 19.2. The zero-order chi connectivity index (χ0) is 19.2. The molecule has 2 heterocycles. The van der Waals surface area contributed by atoms with Gasteiger partial charge in [-0.2, -0.15) is 0 Å². The summed E-state index contributed by atoms with van der Waals surface area (Å²) in [5.41, 5.74) is 0.587. The lowest BCUT2D eigenvalue weighted by molar-refractivity contribution is -0.139. The number of rotatable bonds is 5. The largest absolute Gasteiger partial charge is 0.375 e. The van der Waals surface area contributed by atoms with E-state index in [9.17, 15) is 9.18 Å². The molecule has 1 atom stereocenters. The third kappa shape index (κ3) is 5.21. The molecule has 2 aliphatic rings. The second kappa shape index (κ2) is 9.85. The zero-order valence-electron chi connectivity index (χ0n) is 16.1. The highest BCUT2D eigenvalue weighted by Gasteiger charge is 2.34. The fourth-order valence-electron chi connectivity index (χ4n) is 4.54. The van der Waals surface area contributed by atoms with E-state index in [2.05, 4.69) is 9.80 Å². The normalized spacial score (nSPS) is 22.6. The number of ether oxygens (including phenoxy) is 1. The molecule has 27 heavy (non-hydrogen) atoms. The fraction of sp³-hybridized carbons (Fsp3) is 0.667. The molecule has 0 saturated carbocycles. The number of hydrogen-bond acceptors (Lipinski definition) is 3. The summed E-state index contributed by atoms with van der Waals surface area (Å²) in [5, 5.41) is 0.497. The Morgan fingerprint density at radius 2 is 1.96 bits per heavy atom. The van der Waals surface area contributed by atoms with Crippen LogP contribution in [0.1, 0.15) is 44.1 Å². The Bertz CT molecular complexity index is 614. The molecule has 4 nitrogen and oxygen atoms in total. The van der Waals surface area contributed by atoms with Gasteiger partial charge in [0, 0.05) is 36.8 Å². The predicted molar refractivity (Wildman–Crippen MR) is 105 cm³/mol. The summed E-state index contributed by atoms with van der Waals surface area (Å²) in [6.45, 7) is 3.39. The molecule has 0 spiro atoms. The third-order valence-corrected chi connectivity index (χ3v) is 6.36. The van der Waals surface area contributed by atoms with Gasteiger partial charge in [-0.05, 0) is 56.8 Å². The van der Waals surface area contributed by atoms with Gasteiger partial charge in [0.05, 0.1) is 0 Å². The van der Waals surface area contributed by atoms with Crippen molar-refractivity contribution in [2.75, 3.05) is 33.4 Å². The topological polar surface area (TPSA) is 32.8 Å². The molecule has 0 aromatic heterocycles. The smallest absolute Gasteiger partial charge is 0.248 e. The number of likely N-dealkylation sites (tertiary alicyclic amines) is 2. The average molecular weight is 397 g/mol. The van der Waals surface area contributed by atoms with Crippen LogP contribution in [0.15, 0.2) is 18.2 Å². The summed E-state index contributed by atoms with van der Waals surface area (Å²) in [4.78, 5) is 16.9. The number of halogens is 2. The van der Waals surface area contributed by atoms with Crippen LogP contribution in [0.3, 0.4) is 0 Å². The highest BCUT2D eigenvalue weighted by atomic mass is 35.5. The number of hydrogen-bond donors (Lipinski definition) is 0. The van der Waals surface area contributed by atoms with Crippen molar-refractivity contribution in [3.8, 4) is 0 Å². The minimum absolute atomic E-state index is 0.116. The molecule has 6 heteroatoms. The van der Waals surface area contributed by atoms with E-state index < -0.39 is 0 Å². The molecule has 3 rings (SSSR count). The number of carbonyl (C=O) groups is 1. The van der Waals surface area contributed by atoms with Gasteiger partial charge >= 0.3 is 0 Å². The zero-order valence-corrected chi connectivity index (χ0v) is 16.9. The number of piperidine rings is 1. The van der Waals surface area contributed by atoms with Gasteiger partial charge in [-0.25, -0.2) is 4.39 Å². The van der Waals surface area contributed by atoms with Gasteiger partial charge in [-0.3, -0.25) is 9.69 Å². The first-order chi connectivity index (χ1) is 13.1. The lowest BCUT2D eigenvalue weighted by atomic mass is 9.86. The molecule has 2 saturated heterocycles. The summed E-state index contributed by atoms with van der Waals surface area (Å²) >= 11 is 6.18. The maximum absolute atomic E-state index is 14.1. The minimum Gasteiger partial charge on any atom is -0.375 e. The van der Waals surface area contributed by atoms with Crippen molar-refractivity contribution in [1.29, 1.82) is 0 Å². The van der Waals surface area contributed by atoms with E-state index in [4.69, 9.17) is 16.3 Å². The first kappa shape index (κ1) is 20.6. The SMILES string of the molecule is COCC(=O)N1CCCCCC1C1CCN(Cc2c(F)cccc2Cl)CC1. The lowest BCUT2D eigenvalue weighted by Gasteiger charge is -2.40. The van der Waals surface area contributed by atoms with Crippen LogP contribution in [0.5, 0.6) is 0 Å². The molecule has 150 valence electrons. The highest BCUT2D eigenvalue weighted by Crippen LogP contribution is 2.31. The van der Waals surface area contributed by atoms with Gasteiger partial charge in [0.15, 0.2) is 0 Å². The maximum Gasteiger partial charge on any atom is 0.248 e. The van der Waals surface area contributed by atoms with E-state index >= 15 is 0 Å². The van der Waals surface area contributed by atoms with Crippen LogP contribution in [0.4, 0.5) is 4.39 Å². The van der Waals surface area contributed by atoms with Crippen molar-refractivity contribution in [2.45, 2.75) is 51.1 Å². The van der Waals surface area contributed by atoms with Crippen LogP contribution >= 0.6 is 11.6 Å². The Morgan fingerprint density at radius 1 is 1.19 bits per heavy atom. The molecule has 0 bridgehead atoms. The van der Waals surface area contributed by atoms with E-state index in [0.717, 1.165) is 45.3 Å². The molecule has 1 unspecified atom stereocenters. The molecule has 0 radical (unpaired) electrons. The van der Waals surface area contributed by atoms with Gasteiger partial charge in [-0.15, -0.1) is 0 Å². The standard InChI is InChI=1S/C21H30ClFN2O2/c1-27-15-21(26)25-11-4-2-3-8-20(25)16-9-12-24(13-10-16)14-17-18(22)6-5-7-19(17)23/h5-7,16,20H,2-4,8-15H2,1H3. The molecule has 2 fully saturated rings. The van der Waals surface area contributed by atoms with E-state index in [1.165, 1.54) is 18.9 Å². The van der Waals surface area contributed by atoms with Crippen LogP contribution in [0.25, 0.3) is 0 Å². The maximum atomic E-state index is 14.1. The molecule has 1 aromatic rings. The number of nitrogens with zero attached hydrogens (tertiary/aromatic N) is 2. The number of amides is 1. The van der Waals surface area contributed by atoms with Crippen molar-refractivity contribution in [3.63, 3.8) is 0 Å². The van der Waals surface area contributed by atoms with Crippen LogP contribution in [0.2, 0.25) is 5.02 Å². The van der Waals surface area contributed by atoms with E-state index in [1.807, 2.05) is 0 Å². The van der Waals surface area contributed by atoms with Crippen molar-refractivity contribution in [3.05, 3.63) is 34.6 Å². The van der Waals surface area contributed by atoms with Crippen molar-refractivity contribution in [1.82, 2.24) is 9.80 Å². The molecule has 2 aliphatic heterocycles. The predicted octanol–water partition coefficient (Wildman–Crippen LogP) is 4.11. The average Bonchev–Trinajstić information content (AvgIpc) is 2.92. The van der Waals surface area contributed by atoms with E-state index in [1.54, 1.807) is 19.2 Å². The Kier molecular flexibility index (Phi) is 7.50. The number of methoxy groups -OCH3 is 1. The Morgan fingerprint density at radius 3 is 2.67 bits per heavy atom. The summed E-state index contributed by atoms with van der Waals surface area (Å²) in [5.74, 6) is 0.394. The molecule has 0 N–H and O–H groups in total. The van der Waals surface area contributed by atoms with Crippen molar-refractivity contribution < 1.29 is 13.9 Å². The monoisotopic (exact) mass is 396 g/mol. The minimum atomic E-state index is -0.232. The molecule has 0 aliphatic carbocycles. The number of benzene rings is 1.